The van der Waals surface area contributed by atoms with Gasteiger partial charge in [-0.2, -0.15) is 5.10 Å². The number of ether oxygens (including phenoxy) is 1. The van der Waals surface area contributed by atoms with E-state index < -0.39 is 5.60 Å². The number of likely N-dealkylation sites (tertiary alicyclic amines) is 1. The van der Waals surface area contributed by atoms with Crippen molar-refractivity contribution in [3.8, 4) is 0 Å². The molecule has 0 bridgehead atoms. The third-order valence-corrected chi connectivity index (χ3v) is 4.68. The van der Waals surface area contributed by atoms with E-state index in [0.717, 1.165) is 5.69 Å². The number of nitrogens with one attached hydrogen (secondary N) is 2. The molecular formula is C19H27N5O4. The number of fused-ring (bicyclic) bond motifs is 1. The van der Waals surface area contributed by atoms with Crippen molar-refractivity contribution in [2.45, 2.75) is 52.1 Å². The minimum Gasteiger partial charge on any atom is -0.444 e. The summed E-state index contributed by atoms with van der Waals surface area (Å²) in [6, 6.07) is 1.52. The fourth-order valence-electron chi connectivity index (χ4n) is 3.41. The number of aromatic amines is 1. The van der Waals surface area contributed by atoms with E-state index in [-0.39, 0.29) is 23.5 Å². The van der Waals surface area contributed by atoms with Gasteiger partial charge in [-0.15, -0.1) is 0 Å². The van der Waals surface area contributed by atoms with E-state index in [1.807, 2.05) is 27.7 Å². The van der Waals surface area contributed by atoms with E-state index in [2.05, 4.69) is 15.4 Å². The fraction of sp³-hybridized carbons (Fsp3) is 0.579. The average molecular weight is 389 g/mol. The van der Waals surface area contributed by atoms with Crippen molar-refractivity contribution in [2.24, 2.45) is 0 Å². The Kier molecular flexibility index (Phi) is 5.44. The first kappa shape index (κ1) is 19.9. The minimum atomic E-state index is -0.530. The van der Waals surface area contributed by atoms with Crippen molar-refractivity contribution in [3.63, 3.8) is 0 Å². The molecule has 9 heteroatoms. The summed E-state index contributed by atoms with van der Waals surface area (Å²) in [6.07, 6.45) is 2.53. The zero-order valence-electron chi connectivity index (χ0n) is 16.7. The number of hydrogen-bond donors (Lipinski definition) is 2. The van der Waals surface area contributed by atoms with Crippen LogP contribution in [0.3, 0.4) is 0 Å². The highest BCUT2D eigenvalue weighted by molar-refractivity contribution is 5.99. The highest BCUT2D eigenvalue weighted by Gasteiger charge is 2.29. The van der Waals surface area contributed by atoms with E-state index >= 15 is 0 Å². The quantitative estimate of drug-likeness (QED) is 0.833. The summed E-state index contributed by atoms with van der Waals surface area (Å²) in [5, 5.41) is 7.04. The molecule has 2 aromatic rings. The maximum Gasteiger partial charge on any atom is 0.410 e. The monoisotopic (exact) mass is 389 g/mol. The second-order valence-corrected chi connectivity index (χ2v) is 7.98. The van der Waals surface area contributed by atoms with Gasteiger partial charge in [0, 0.05) is 31.6 Å². The van der Waals surface area contributed by atoms with Crippen molar-refractivity contribution in [1.82, 2.24) is 24.8 Å². The summed E-state index contributed by atoms with van der Waals surface area (Å²) in [4.78, 5) is 41.0. The van der Waals surface area contributed by atoms with Crippen LogP contribution in [-0.4, -0.2) is 56.7 Å². The van der Waals surface area contributed by atoms with Crippen LogP contribution in [0.25, 0.3) is 5.65 Å². The number of hydrogen-bond acceptors (Lipinski definition) is 5. The molecule has 1 aliphatic rings. The molecule has 9 nitrogen and oxygen atoms in total. The average Bonchev–Trinajstić information content (AvgIpc) is 3.03. The lowest BCUT2D eigenvalue weighted by molar-refractivity contribution is 0.0203. The van der Waals surface area contributed by atoms with Gasteiger partial charge in [-0.05, 0) is 40.5 Å². The molecule has 0 saturated carbocycles. The Morgan fingerprint density at radius 3 is 2.61 bits per heavy atom. The van der Waals surface area contributed by atoms with Crippen LogP contribution in [0.15, 0.2) is 17.1 Å². The second kappa shape index (κ2) is 7.65. The molecule has 152 valence electrons. The van der Waals surface area contributed by atoms with Gasteiger partial charge in [0.1, 0.15) is 16.8 Å². The Morgan fingerprint density at radius 2 is 2.00 bits per heavy atom. The number of piperidine rings is 1. The zero-order chi connectivity index (χ0) is 20.5. The van der Waals surface area contributed by atoms with Gasteiger partial charge in [0.25, 0.3) is 11.5 Å². The number of carbonyl (C=O) groups excluding carboxylic acids is 2. The molecule has 0 unspecified atom stereocenters. The van der Waals surface area contributed by atoms with Crippen LogP contribution in [0.4, 0.5) is 4.79 Å². The molecule has 0 aromatic carbocycles. The first-order valence-electron chi connectivity index (χ1n) is 9.56. The maximum absolute atomic E-state index is 12.2. The molecule has 2 amide bonds. The molecule has 0 spiro atoms. The number of carbonyl (C=O) groups is 2. The van der Waals surface area contributed by atoms with Gasteiger partial charge >= 0.3 is 6.09 Å². The highest BCUT2D eigenvalue weighted by Crippen LogP contribution is 2.28. The van der Waals surface area contributed by atoms with E-state index in [1.165, 1.54) is 12.3 Å². The predicted molar refractivity (Wildman–Crippen MR) is 104 cm³/mol. The Hall–Kier alpha value is -2.84. The van der Waals surface area contributed by atoms with Crippen molar-refractivity contribution < 1.29 is 14.3 Å². The van der Waals surface area contributed by atoms with Gasteiger partial charge in [-0.25, -0.2) is 9.31 Å². The molecule has 0 aliphatic carbocycles. The van der Waals surface area contributed by atoms with E-state index in [1.54, 1.807) is 9.42 Å². The molecule has 3 rings (SSSR count). The Morgan fingerprint density at radius 1 is 1.32 bits per heavy atom. The molecular weight excluding hydrogens is 362 g/mol. The number of rotatable bonds is 3. The standard InChI is InChI=1S/C19H27N5O4/c1-5-20-17(26)13-11-21-24-14(10-15(25)22-16(13)24)12-6-8-23(9-7-12)18(27)28-19(2,3)4/h10-12H,5-9H2,1-4H3,(H,20,26)(H,22,25). The van der Waals surface area contributed by atoms with Crippen molar-refractivity contribution in [1.29, 1.82) is 0 Å². The van der Waals surface area contributed by atoms with Crippen LogP contribution >= 0.6 is 0 Å². The normalized spacial score (nSPS) is 15.6. The summed E-state index contributed by atoms with van der Waals surface area (Å²) in [6.45, 7) is 8.92. The lowest BCUT2D eigenvalue weighted by Crippen LogP contribution is -2.41. The molecule has 2 N–H and O–H groups in total. The van der Waals surface area contributed by atoms with Gasteiger partial charge in [0.2, 0.25) is 0 Å². The molecule has 0 radical (unpaired) electrons. The number of aromatic nitrogens is 3. The van der Waals surface area contributed by atoms with Gasteiger partial charge in [-0.3, -0.25) is 9.59 Å². The Bertz CT molecular complexity index is 932. The van der Waals surface area contributed by atoms with Crippen LogP contribution in [0.1, 0.15) is 62.5 Å². The van der Waals surface area contributed by atoms with Gasteiger partial charge in [0.15, 0.2) is 0 Å². The summed E-state index contributed by atoms with van der Waals surface area (Å²) >= 11 is 0. The third kappa shape index (κ3) is 4.18. The number of amides is 2. The molecule has 2 aromatic heterocycles. The maximum atomic E-state index is 12.2. The summed E-state index contributed by atoms with van der Waals surface area (Å²) < 4.78 is 7.05. The minimum absolute atomic E-state index is 0.0606. The first-order valence-corrected chi connectivity index (χ1v) is 9.56. The van der Waals surface area contributed by atoms with Crippen LogP contribution in [-0.2, 0) is 4.74 Å². The summed E-state index contributed by atoms with van der Waals surface area (Å²) in [7, 11) is 0. The molecule has 3 heterocycles. The van der Waals surface area contributed by atoms with Crippen molar-refractivity contribution in [3.05, 3.63) is 33.9 Å². The van der Waals surface area contributed by atoms with Gasteiger partial charge in [-0.1, -0.05) is 0 Å². The lowest BCUT2D eigenvalue weighted by atomic mass is 9.93. The van der Waals surface area contributed by atoms with Crippen molar-refractivity contribution >= 4 is 17.6 Å². The molecule has 28 heavy (non-hydrogen) atoms. The molecule has 0 atom stereocenters. The SMILES string of the molecule is CCNC(=O)c1cnn2c(C3CCN(C(=O)OC(C)(C)C)CC3)cc(=O)[nH]c12. The molecule has 1 fully saturated rings. The van der Waals surface area contributed by atoms with E-state index in [9.17, 15) is 14.4 Å². The molecule has 1 saturated heterocycles. The zero-order valence-corrected chi connectivity index (χ0v) is 16.7. The van der Waals surface area contributed by atoms with Gasteiger partial charge < -0.3 is 19.9 Å². The third-order valence-electron chi connectivity index (χ3n) is 4.68. The largest absolute Gasteiger partial charge is 0.444 e. The Balaban J connectivity index is 1.81. The first-order chi connectivity index (χ1) is 13.2. The topological polar surface area (TPSA) is 109 Å². The van der Waals surface area contributed by atoms with E-state index in [0.29, 0.717) is 43.7 Å². The lowest BCUT2D eigenvalue weighted by Gasteiger charge is -2.33. The van der Waals surface area contributed by atoms with Gasteiger partial charge in [0.05, 0.1) is 11.9 Å². The number of H-pyrrole nitrogens is 1. The summed E-state index contributed by atoms with van der Waals surface area (Å²) in [5.74, 6) is -0.212. The number of nitrogens with zero attached hydrogens (tertiary/aromatic N) is 3. The van der Waals surface area contributed by atoms with Crippen molar-refractivity contribution in [2.75, 3.05) is 19.6 Å². The van der Waals surface area contributed by atoms with E-state index in [4.69, 9.17) is 4.74 Å². The second-order valence-electron chi connectivity index (χ2n) is 7.98. The van der Waals surface area contributed by atoms with Crippen LogP contribution in [0.2, 0.25) is 0 Å². The predicted octanol–water partition coefficient (Wildman–Crippen LogP) is 1.89. The highest BCUT2D eigenvalue weighted by atomic mass is 16.6. The summed E-state index contributed by atoms with van der Waals surface area (Å²) in [5.41, 5.74) is 0.674. The smallest absolute Gasteiger partial charge is 0.410 e. The Labute approximate surface area is 163 Å². The fourth-order valence-corrected chi connectivity index (χ4v) is 3.41. The molecule has 1 aliphatic heterocycles. The van der Waals surface area contributed by atoms with Crippen LogP contribution < -0.4 is 10.9 Å². The van der Waals surface area contributed by atoms with Crippen LogP contribution in [0, 0.1) is 0 Å². The van der Waals surface area contributed by atoms with Crippen LogP contribution in [0.5, 0.6) is 0 Å².